The summed E-state index contributed by atoms with van der Waals surface area (Å²) in [5, 5.41) is 13.9. The fraction of sp³-hybridized carbons (Fsp3) is 0.133. The van der Waals surface area contributed by atoms with E-state index in [4.69, 9.17) is 0 Å². The molecule has 0 spiro atoms. The molecule has 10 aromatic carbocycles. The number of rotatable bonds is 15. The normalized spacial score (nSPS) is 13.8. The second-order valence-corrected chi connectivity index (χ2v) is 35.5. The van der Waals surface area contributed by atoms with E-state index in [2.05, 4.69) is 50.0 Å². The summed E-state index contributed by atoms with van der Waals surface area (Å²) < 4.78 is 92.8. The van der Waals surface area contributed by atoms with Crippen molar-refractivity contribution in [3.63, 3.8) is 0 Å². The van der Waals surface area contributed by atoms with E-state index < -0.39 is 11.6 Å². The third-order valence-electron chi connectivity index (χ3n) is 26.2. The second-order valence-electron chi connectivity index (χ2n) is 35.5. The lowest BCUT2D eigenvalue weighted by Crippen LogP contribution is -2.24. The lowest BCUT2D eigenvalue weighted by Gasteiger charge is -2.17. The maximum Gasteiger partial charge on any atom is 0.256 e. The molecule has 22 nitrogen and oxygen atoms in total. The van der Waals surface area contributed by atoms with Gasteiger partial charge in [0, 0.05) is 170 Å². The average Bonchev–Trinajstić information content (AvgIpc) is 1.77. The maximum atomic E-state index is 15.4. The number of para-hydroxylation sites is 1. The minimum atomic E-state index is -0.644. The van der Waals surface area contributed by atoms with Gasteiger partial charge in [-0.3, -0.25) is 73.1 Å². The van der Waals surface area contributed by atoms with Gasteiger partial charge in [-0.1, -0.05) is 115 Å². The molecule has 0 fully saturated rings. The monoisotopic (exact) mass is 1870 g/mol. The van der Waals surface area contributed by atoms with Gasteiger partial charge in [-0.25, -0.2) is 26.3 Å². The third-order valence-corrected chi connectivity index (χ3v) is 26.2. The summed E-state index contributed by atoms with van der Waals surface area (Å²) >= 11 is 0. The SMILES string of the molecule is CN1Cc2ccc(-c3cc(F)c(CN4Cc5ncccc5C4=O)c(F)c3)cc2C1.Cn1cc2c(-c3cccc(CN4Cc5ncccc5C4=O)c3F)cccc2n1.Cn1cc2ccc(-c3ccc(F)c(CN4Cc5ncccc5C4=O)c3)cc2n1.O=C1c2cccnc2CN1Cc1ccc(-c2ccc3cnccc3c2)cc1F.O=C1c2cccnc2CN1Cc1ccc(-c2ccnc3ccccc23)cc1F. The van der Waals surface area contributed by atoms with Crippen LogP contribution in [0.3, 0.4) is 0 Å². The number of amides is 5. The number of fused-ring (bicyclic) bond motifs is 10. The molecule has 0 saturated carbocycles. The van der Waals surface area contributed by atoms with Crippen molar-refractivity contribution < 1.29 is 50.3 Å². The first-order valence-corrected chi connectivity index (χ1v) is 45.7. The molecular formula is C113H85F6N17O5. The summed E-state index contributed by atoms with van der Waals surface area (Å²) in [5.74, 6) is -3.23. The molecule has 6 aliphatic rings. The zero-order chi connectivity index (χ0) is 96.8. The van der Waals surface area contributed by atoms with Crippen molar-refractivity contribution in [2.45, 2.75) is 78.5 Å². The van der Waals surface area contributed by atoms with Crippen LogP contribution in [0.1, 0.15) is 119 Å². The Morgan fingerprint density at radius 2 is 0.716 bits per heavy atom. The molecule has 19 aromatic rings. The number of hydrogen-bond acceptors (Lipinski definition) is 15. The fourth-order valence-electron chi connectivity index (χ4n) is 19.0. The summed E-state index contributed by atoms with van der Waals surface area (Å²) in [6.07, 6.45) is 17.4. The van der Waals surface area contributed by atoms with Gasteiger partial charge >= 0.3 is 0 Å². The number of carbonyl (C=O) groups excluding carboxylic acids is 5. The number of nitrogens with zero attached hydrogens (tertiary/aromatic N) is 17. The Morgan fingerprint density at radius 3 is 1.30 bits per heavy atom. The third kappa shape index (κ3) is 18.4. The molecule has 9 aromatic heterocycles. The Bertz CT molecular complexity index is 8220. The molecular weight excluding hydrogens is 1790 g/mol. The van der Waals surface area contributed by atoms with Crippen LogP contribution in [0.2, 0.25) is 0 Å². The molecule has 141 heavy (non-hydrogen) atoms. The number of aromatic nitrogens is 11. The van der Waals surface area contributed by atoms with Gasteiger partial charge < -0.3 is 24.5 Å². The average molecular weight is 1880 g/mol. The van der Waals surface area contributed by atoms with Crippen LogP contribution < -0.4 is 0 Å². The lowest BCUT2D eigenvalue weighted by molar-refractivity contribution is 0.0756. The highest BCUT2D eigenvalue weighted by atomic mass is 19.2. The second kappa shape index (κ2) is 38.3. The lowest BCUT2D eigenvalue weighted by atomic mass is 9.99. The maximum absolute atomic E-state index is 15.4. The first-order chi connectivity index (χ1) is 68.6. The number of hydrogen-bond donors (Lipinski definition) is 0. The van der Waals surface area contributed by atoms with Gasteiger partial charge in [0.1, 0.15) is 34.9 Å². The van der Waals surface area contributed by atoms with Gasteiger partial charge in [0.15, 0.2) is 0 Å². The molecule has 0 N–H and O–H groups in total. The summed E-state index contributed by atoms with van der Waals surface area (Å²) in [4.78, 5) is 102. The molecule has 0 saturated heterocycles. The number of pyridine rings is 7. The first-order valence-electron chi connectivity index (χ1n) is 45.7. The zero-order valence-corrected chi connectivity index (χ0v) is 76.4. The van der Waals surface area contributed by atoms with Crippen LogP contribution >= 0.6 is 0 Å². The summed E-state index contributed by atoms with van der Waals surface area (Å²) in [5.41, 5.74) is 21.3. The quantitative estimate of drug-likeness (QED) is 0.0869. The molecule has 0 aliphatic carbocycles. The van der Waals surface area contributed by atoms with Crippen molar-refractivity contribution in [1.82, 2.24) is 83.8 Å². The standard InChI is InChI=1S/C23H19F2N3O.2C23H16FN3O.2C22H17FN4O/c1-27-10-15-5-4-14(7-17(15)11-27)16-8-20(24)19(21(25)9-16)12-28-13-22-18(23(28)29)3-2-6-26-22;24-21-11-16(15-3-5-18-12-25-9-7-17(18)10-15)4-6-19(21)13-27-14-22-20(23(27)28)2-1-8-26-22;24-20-12-15(17-9-11-26-21-6-2-1-4-18(17)21)7-8-16(20)13-27-14-22-19(23(27)28)5-3-10-25-22;1-26-12-18-15(6-3-9-19(18)25-26)16-7-2-5-14(21(16)23)11-27-13-20-17(22(27)28)8-4-10-24-20;1-26-11-16-5-4-15(10-20(16)25-26)14-6-7-19(23)17(9-14)12-27-13-21-18(22(27)28)3-2-8-24-21/h2-9H,10-13H2,1H3;2*1-12H,13-14H2;2-10,12H,11,13H2,1H3;2-11H,12-13H2,1H3. The highest BCUT2D eigenvalue weighted by Gasteiger charge is 2.35. The summed E-state index contributed by atoms with van der Waals surface area (Å²) in [6.45, 7) is 4.34. The van der Waals surface area contributed by atoms with Crippen LogP contribution in [-0.4, -0.2) is 120 Å². The molecule has 15 heterocycles. The van der Waals surface area contributed by atoms with E-state index in [-0.39, 0.29) is 97.6 Å². The van der Waals surface area contributed by atoms with E-state index in [0.717, 1.165) is 124 Å². The van der Waals surface area contributed by atoms with Crippen molar-refractivity contribution >= 4 is 73.0 Å². The topological polar surface area (TPSA) is 231 Å². The molecule has 0 atom stereocenters. The smallest absolute Gasteiger partial charge is 0.256 e. The predicted octanol–water partition coefficient (Wildman–Crippen LogP) is 21.2. The predicted molar refractivity (Wildman–Crippen MR) is 523 cm³/mol. The fourth-order valence-corrected chi connectivity index (χ4v) is 19.0. The van der Waals surface area contributed by atoms with E-state index in [0.29, 0.717) is 93.1 Å². The van der Waals surface area contributed by atoms with E-state index in [9.17, 15) is 45.9 Å². The van der Waals surface area contributed by atoms with Gasteiger partial charge in [0.25, 0.3) is 29.5 Å². The van der Waals surface area contributed by atoms with Crippen LogP contribution in [0.15, 0.2) is 317 Å². The van der Waals surface area contributed by atoms with E-state index >= 15 is 4.39 Å². The molecule has 25 rings (SSSR count). The molecule has 0 radical (unpaired) electrons. The van der Waals surface area contributed by atoms with E-state index in [1.54, 1.807) is 163 Å². The number of benzene rings is 10. The Morgan fingerprint density at radius 1 is 0.270 bits per heavy atom. The van der Waals surface area contributed by atoms with Crippen molar-refractivity contribution in [2.24, 2.45) is 14.1 Å². The van der Waals surface area contributed by atoms with Gasteiger partial charge in [-0.05, 0) is 213 Å². The Labute approximate surface area is 804 Å². The van der Waals surface area contributed by atoms with Crippen molar-refractivity contribution in [3.05, 3.63) is 447 Å². The van der Waals surface area contributed by atoms with Crippen LogP contribution in [0, 0.1) is 34.9 Å². The highest BCUT2D eigenvalue weighted by Crippen LogP contribution is 2.39. The molecule has 6 aliphatic heterocycles. The molecule has 694 valence electrons. The molecule has 5 amide bonds. The van der Waals surface area contributed by atoms with E-state index in [1.165, 1.54) is 46.4 Å². The number of aryl methyl sites for hydroxylation is 2. The largest absolute Gasteiger partial charge is 0.328 e. The molecule has 0 unspecified atom stereocenters. The van der Waals surface area contributed by atoms with E-state index in [1.807, 2.05) is 173 Å². The van der Waals surface area contributed by atoms with Gasteiger partial charge in [-0.15, -0.1) is 0 Å². The van der Waals surface area contributed by atoms with Crippen LogP contribution in [0.4, 0.5) is 26.3 Å². The Kier molecular flexibility index (Phi) is 24.5. The van der Waals surface area contributed by atoms with Crippen LogP contribution in [0.25, 0.3) is 99.1 Å². The summed E-state index contributed by atoms with van der Waals surface area (Å²) in [6, 6.07) is 76.0. The van der Waals surface area contributed by atoms with Gasteiger partial charge in [0.05, 0.1) is 112 Å². The van der Waals surface area contributed by atoms with Gasteiger partial charge in [-0.2, -0.15) is 10.2 Å². The number of carbonyl (C=O) groups is 5. The number of halogens is 6. The zero-order valence-electron chi connectivity index (χ0n) is 76.4. The minimum absolute atomic E-state index is 0.101. The van der Waals surface area contributed by atoms with Crippen LogP contribution in [0.5, 0.6) is 0 Å². The minimum Gasteiger partial charge on any atom is -0.328 e. The Hall–Kier alpha value is -17.4. The first kappa shape index (κ1) is 90.1. The molecule has 0 bridgehead atoms. The van der Waals surface area contributed by atoms with Crippen molar-refractivity contribution in [1.29, 1.82) is 0 Å². The highest BCUT2D eigenvalue weighted by molar-refractivity contribution is 6.02. The van der Waals surface area contributed by atoms with Gasteiger partial charge in [0.2, 0.25) is 0 Å². The summed E-state index contributed by atoms with van der Waals surface area (Å²) in [7, 11) is 5.78. The Balaban J connectivity index is 0.000000104. The van der Waals surface area contributed by atoms with Crippen molar-refractivity contribution in [2.75, 3.05) is 7.05 Å². The molecule has 28 heteroatoms. The van der Waals surface area contributed by atoms with Crippen LogP contribution in [-0.2, 0) is 92.6 Å². The van der Waals surface area contributed by atoms with Crippen molar-refractivity contribution in [3.8, 4) is 55.6 Å².